The van der Waals surface area contributed by atoms with Gasteiger partial charge in [-0.15, -0.1) is 0 Å². The highest BCUT2D eigenvalue weighted by Gasteiger charge is 2.26. The molecule has 2 aromatic carbocycles. The van der Waals surface area contributed by atoms with Gasteiger partial charge in [0.2, 0.25) is 0 Å². The fraction of sp³-hybridized carbons (Fsp3) is 0.143. The molecule has 2 rings (SSSR count). The number of nitro benzene ring substituents is 1. The number of nitro groups is 1. The smallest absolute Gasteiger partial charge is 0.265 e. The molecule has 6 nitrogen and oxygen atoms in total. The van der Waals surface area contributed by atoms with Gasteiger partial charge in [0.1, 0.15) is 5.02 Å². The Hall–Kier alpha value is -1.64. The van der Waals surface area contributed by atoms with E-state index in [0.29, 0.717) is 5.33 Å². The maximum Gasteiger partial charge on any atom is 0.289 e. The molecule has 122 valence electrons. The van der Waals surface area contributed by atoms with Crippen molar-refractivity contribution in [2.45, 2.75) is 4.90 Å². The second-order valence-electron chi connectivity index (χ2n) is 4.47. The van der Waals surface area contributed by atoms with E-state index in [2.05, 4.69) is 15.9 Å². The van der Waals surface area contributed by atoms with Gasteiger partial charge in [0.05, 0.1) is 15.5 Å². The second-order valence-corrected chi connectivity index (χ2v) is 7.53. The highest BCUT2D eigenvalue weighted by atomic mass is 79.9. The zero-order valence-corrected chi connectivity index (χ0v) is 14.9. The van der Waals surface area contributed by atoms with Crippen LogP contribution in [0, 0.1) is 10.1 Å². The Kier molecular flexibility index (Phi) is 5.61. The maximum atomic E-state index is 12.8. The number of rotatable bonds is 6. The number of halogens is 2. The number of hydrogen-bond donors (Lipinski definition) is 0. The van der Waals surface area contributed by atoms with E-state index in [1.165, 1.54) is 24.3 Å². The zero-order chi connectivity index (χ0) is 17.0. The average Bonchev–Trinajstić information content (AvgIpc) is 2.54. The molecule has 0 aromatic heterocycles. The van der Waals surface area contributed by atoms with Gasteiger partial charge in [-0.05, 0) is 24.3 Å². The SMILES string of the molecule is O=[N+]([O-])c1cc(N(CCBr)S(=O)(=O)c2ccccc2)ccc1Cl. The number of alkyl halides is 1. The average molecular weight is 420 g/mol. The largest absolute Gasteiger partial charge is 0.289 e. The highest BCUT2D eigenvalue weighted by molar-refractivity contribution is 9.09. The molecule has 0 unspecified atom stereocenters. The Morgan fingerprint density at radius 3 is 2.39 bits per heavy atom. The molecular formula is C14H12BrClN2O4S. The molecule has 0 heterocycles. The Bertz CT molecular complexity index is 815. The summed E-state index contributed by atoms with van der Waals surface area (Å²) in [7, 11) is -3.83. The van der Waals surface area contributed by atoms with Crippen LogP contribution in [0.4, 0.5) is 11.4 Å². The van der Waals surface area contributed by atoms with Gasteiger partial charge in [0.15, 0.2) is 0 Å². The van der Waals surface area contributed by atoms with Gasteiger partial charge in [-0.1, -0.05) is 45.7 Å². The molecule has 9 heteroatoms. The van der Waals surface area contributed by atoms with Gasteiger partial charge in [-0.3, -0.25) is 14.4 Å². The summed E-state index contributed by atoms with van der Waals surface area (Å²) in [5.74, 6) is 0. The van der Waals surface area contributed by atoms with Gasteiger partial charge in [-0.25, -0.2) is 8.42 Å². The molecule has 0 saturated carbocycles. The molecule has 2 aromatic rings. The number of sulfonamides is 1. The minimum atomic E-state index is -3.83. The van der Waals surface area contributed by atoms with E-state index in [1.807, 2.05) is 0 Å². The Labute approximate surface area is 147 Å². The third-order valence-corrected chi connectivity index (χ3v) is 5.55. The van der Waals surface area contributed by atoms with Crippen LogP contribution >= 0.6 is 27.5 Å². The predicted octanol–water partition coefficient (Wildman–Crippen LogP) is 3.84. The summed E-state index contributed by atoms with van der Waals surface area (Å²) >= 11 is 8.99. The van der Waals surface area contributed by atoms with E-state index < -0.39 is 14.9 Å². The van der Waals surface area contributed by atoms with Crippen LogP contribution in [0.2, 0.25) is 5.02 Å². The molecule has 0 spiro atoms. The van der Waals surface area contributed by atoms with Crippen molar-refractivity contribution in [3.8, 4) is 0 Å². The summed E-state index contributed by atoms with van der Waals surface area (Å²) < 4.78 is 26.7. The first-order valence-electron chi connectivity index (χ1n) is 6.45. The maximum absolute atomic E-state index is 12.8. The van der Waals surface area contributed by atoms with Crippen molar-refractivity contribution < 1.29 is 13.3 Å². The minimum absolute atomic E-state index is 0.0466. The monoisotopic (exact) mass is 418 g/mol. The lowest BCUT2D eigenvalue weighted by Crippen LogP contribution is -2.32. The van der Waals surface area contributed by atoms with Gasteiger partial charge >= 0.3 is 0 Å². The Morgan fingerprint density at radius 2 is 1.83 bits per heavy atom. The molecule has 0 aliphatic heterocycles. The third-order valence-electron chi connectivity index (χ3n) is 3.03. The molecule has 0 bridgehead atoms. The lowest BCUT2D eigenvalue weighted by molar-refractivity contribution is -0.384. The summed E-state index contributed by atoms with van der Waals surface area (Å²) in [5.41, 5.74) is -0.156. The van der Waals surface area contributed by atoms with E-state index in [9.17, 15) is 18.5 Å². The van der Waals surface area contributed by atoms with Crippen LogP contribution in [0.3, 0.4) is 0 Å². The lowest BCUT2D eigenvalue weighted by atomic mass is 10.3. The Balaban J connectivity index is 2.55. The van der Waals surface area contributed by atoms with Crippen molar-refractivity contribution in [2.75, 3.05) is 16.2 Å². The lowest BCUT2D eigenvalue weighted by Gasteiger charge is -2.23. The molecule has 0 fully saturated rings. The fourth-order valence-electron chi connectivity index (χ4n) is 1.98. The molecule has 0 saturated heterocycles. The van der Waals surface area contributed by atoms with Crippen LogP contribution in [-0.4, -0.2) is 25.2 Å². The molecule has 0 atom stereocenters. The minimum Gasteiger partial charge on any atom is -0.265 e. The van der Waals surface area contributed by atoms with E-state index >= 15 is 0 Å². The van der Waals surface area contributed by atoms with Gasteiger partial charge in [0.25, 0.3) is 15.7 Å². The fourth-order valence-corrected chi connectivity index (χ4v) is 4.23. The van der Waals surface area contributed by atoms with Crippen LogP contribution in [0.25, 0.3) is 0 Å². The first-order chi connectivity index (χ1) is 10.9. The zero-order valence-electron chi connectivity index (χ0n) is 11.7. The predicted molar refractivity (Wildman–Crippen MR) is 92.9 cm³/mol. The van der Waals surface area contributed by atoms with Crippen molar-refractivity contribution >= 4 is 48.9 Å². The van der Waals surface area contributed by atoms with Crippen molar-refractivity contribution in [3.05, 3.63) is 63.7 Å². The first kappa shape index (κ1) is 17.7. The van der Waals surface area contributed by atoms with E-state index in [1.54, 1.807) is 18.2 Å². The van der Waals surface area contributed by atoms with Crippen LogP contribution in [0.1, 0.15) is 0 Å². The molecule has 0 amide bonds. The third kappa shape index (κ3) is 3.82. The molecule has 23 heavy (non-hydrogen) atoms. The van der Waals surface area contributed by atoms with Crippen LogP contribution < -0.4 is 4.31 Å². The van der Waals surface area contributed by atoms with Crippen LogP contribution in [-0.2, 0) is 10.0 Å². The van der Waals surface area contributed by atoms with Gasteiger partial charge < -0.3 is 0 Å². The quantitative estimate of drug-likeness (QED) is 0.405. The number of benzene rings is 2. The standard InChI is InChI=1S/C14H12BrClN2O4S/c15-8-9-17(23(21,22)12-4-2-1-3-5-12)11-6-7-13(16)14(10-11)18(19)20/h1-7,10H,8-9H2. The number of nitrogens with zero attached hydrogens (tertiary/aromatic N) is 2. The normalized spacial score (nSPS) is 11.2. The summed E-state index contributed by atoms with van der Waals surface area (Å²) in [6, 6.07) is 11.8. The highest BCUT2D eigenvalue weighted by Crippen LogP contribution is 2.32. The van der Waals surface area contributed by atoms with Gasteiger partial charge in [0, 0.05) is 17.9 Å². The van der Waals surface area contributed by atoms with E-state index in [4.69, 9.17) is 11.6 Å². The molecule has 0 aliphatic carbocycles. The number of anilines is 1. The Morgan fingerprint density at radius 1 is 1.17 bits per heavy atom. The second kappa shape index (κ2) is 7.29. The van der Waals surface area contributed by atoms with Crippen molar-refractivity contribution in [3.63, 3.8) is 0 Å². The van der Waals surface area contributed by atoms with Crippen LogP contribution in [0.15, 0.2) is 53.4 Å². The summed E-state index contributed by atoms with van der Waals surface area (Å²) in [5, 5.41) is 11.3. The molecule has 0 radical (unpaired) electrons. The molecule has 0 N–H and O–H groups in total. The van der Waals surface area contributed by atoms with Crippen molar-refractivity contribution in [2.24, 2.45) is 0 Å². The van der Waals surface area contributed by atoms with Crippen molar-refractivity contribution in [1.29, 1.82) is 0 Å². The van der Waals surface area contributed by atoms with Crippen LogP contribution in [0.5, 0.6) is 0 Å². The van der Waals surface area contributed by atoms with E-state index in [-0.39, 0.29) is 27.8 Å². The first-order valence-corrected chi connectivity index (χ1v) is 9.39. The molecular weight excluding hydrogens is 408 g/mol. The molecule has 0 aliphatic rings. The van der Waals surface area contributed by atoms with Crippen molar-refractivity contribution in [1.82, 2.24) is 0 Å². The van der Waals surface area contributed by atoms with Gasteiger partial charge in [-0.2, -0.15) is 0 Å². The topological polar surface area (TPSA) is 80.5 Å². The summed E-state index contributed by atoms with van der Waals surface area (Å²) in [4.78, 5) is 10.5. The summed E-state index contributed by atoms with van der Waals surface area (Å²) in [6.45, 7) is 0.121. The number of hydrogen-bond acceptors (Lipinski definition) is 4. The van der Waals surface area contributed by atoms with E-state index in [0.717, 1.165) is 10.4 Å². The summed E-state index contributed by atoms with van der Waals surface area (Å²) in [6.07, 6.45) is 0.